The Kier molecular flexibility index (Phi) is 8.53. The van der Waals surface area contributed by atoms with Crippen LogP contribution in [0.4, 0.5) is 0 Å². The van der Waals surface area contributed by atoms with Gasteiger partial charge in [-0.1, -0.05) is 164 Å². The van der Waals surface area contributed by atoms with Gasteiger partial charge in [-0.3, -0.25) is 4.57 Å². The Hall–Kier alpha value is -8.21. The zero-order valence-corrected chi connectivity index (χ0v) is 33.9. The lowest BCUT2D eigenvalue weighted by Gasteiger charge is -2.23. The molecule has 0 saturated carbocycles. The molecule has 1 unspecified atom stereocenters. The van der Waals surface area contributed by atoms with E-state index in [4.69, 9.17) is 4.99 Å². The average Bonchev–Trinajstić information content (AvgIpc) is 3.87. The second-order valence-corrected chi connectivity index (χ2v) is 16.1. The highest BCUT2D eigenvalue weighted by Gasteiger charge is 2.21. The van der Waals surface area contributed by atoms with Crippen LogP contribution in [0.5, 0.6) is 0 Å². The summed E-state index contributed by atoms with van der Waals surface area (Å²) >= 11 is 0. The zero-order valence-electron chi connectivity index (χ0n) is 33.9. The Morgan fingerprint density at radius 3 is 1.39 bits per heavy atom. The fourth-order valence-electron chi connectivity index (χ4n) is 9.38. The molecular weight excluding hydrogens is 753 g/mol. The van der Waals surface area contributed by atoms with Crippen molar-refractivity contribution in [3.63, 3.8) is 0 Å². The highest BCUT2D eigenvalue weighted by atomic mass is 15.2. The Bertz CT molecular complexity index is 3520. The number of fused-ring (bicyclic) bond motifs is 6. The van der Waals surface area contributed by atoms with Crippen molar-refractivity contribution >= 4 is 49.6 Å². The maximum absolute atomic E-state index is 4.94. The van der Waals surface area contributed by atoms with Gasteiger partial charge in [-0.2, -0.15) is 0 Å². The van der Waals surface area contributed by atoms with Crippen LogP contribution in [0, 0.1) is 0 Å². The summed E-state index contributed by atoms with van der Waals surface area (Å²) in [6, 6.07) is 78.8. The predicted molar refractivity (Wildman–Crippen MR) is 260 cm³/mol. The van der Waals surface area contributed by atoms with Gasteiger partial charge in [-0.15, -0.1) is 0 Å². The number of aromatic nitrogens is 2. The number of hydrogen-bond acceptors (Lipinski definition) is 2. The Labute approximate surface area is 360 Å². The third-order valence-electron chi connectivity index (χ3n) is 12.5. The Morgan fingerprint density at radius 1 is 0.339 bits per heavy atom. The lowest BCUT2D eigenvalue weighted by atomic mass is 9.97. The van der Waals surface area contributed by atoms with Crippen LogP contribution >= 0.6 is 0 Å². The minimum absolute atomic E-state index is 0.0443. The zero-order chi connectivity index (χ0) is 41.0. The predicted octanol–water partition coefficient (Wildman–Crippen LogP) is 14.6. The third-order valence-corrected chi connectivity index (χ3v) is 12.5. The molecule has 0 fully saturated rings. The minimum atomic E-state index is -0.0443. The van der Waals surface area contributed by atoms with Crippen molar-refractivity contribution in [2.75, 3.05) is 0 Å². The normalized spacial score (nSPS) is 13.8. The van der Waals surface area contributed by atoms with Crippen molar-refractivity contribution in [1.82, 2.24) is 14.5 Å². The van der Waals surface area contributed by atoms with E-state index in [0.29, 0.717) is 0 Å². The first-order valence-corrected chi connectivity index (χ1v) is 21.2. The first-order chi connectivity index (χ1) is 30.7. The quantitative estimate of drug-likeness (QED) is 0.179. The van der Waals surface area contributed by atoms with Crippen molar-refractivity contribution in [3.8, 4) is 50.2 Å². The molecule has 3 heterocycles. The standard InChI is InChI=1S/C58H40N4/c1-3-12-39(13-4-1)41-22-24-43(25-23-41)44-16-11-17-47(36-44)53-34-35-59-58(60-53)62-55-21-10-8-19-50(55)52-38-46(29-33-57(52)62)45-28-32-56-51(37-45)49-18-7-9-20-54(49)61(56)48-30-26-42(27-31-48)40-14-5-2-6-15-40/h1-38,53H,(H,59,60). The van der Waals surface area contributed by atoms with E-state index >= 15 is 0 Å². The minimum Gasteiger partial charge on any atom is -0.345 e. The van der Waals surface area contributed by atoms with Gasteiger partial charge in [0.05, 0.1) is 28.1 Å². The van der Waals surface area contributed by atoms with Crippen LogP contribution in [0.3, 0.4) is 0 Å². The van der Waals surface area contributed by atoms with Crippen LogP contribution in [-0.2, 0) is 0 Å². The maximum atomic E-state index is 4.94. The summed E-state index contributed by atoms with van der Waals surface area (Å²) in [4.78, 5) is 4.94. The molecule has 1 atom stereocenters. The van der Waals surface area contributed by atoms with Gasteiger partial charge in [0.25, 0.3) is 0 Å². The van der Waals surface area contributed by atoms with E-state index < -0.39 is 0 Å². The van der Waals surface area contributed by atoms with E-state index in [9.17, 15) is 0 Å². The maximum Gasteiger partial charge on any atom is 0.208 e. The largest absolute Gasteiger partial charge is 0.345 e. The molecule has 1 aliphatic heterocycles. The Morgan fingerprint density at radius 2 is 0.774 bits per heavy atom. The second kappa shape index (κ2) is 14.8. The monoisotopic (exact) mass is 792 g/mol. The number of para-hydroxylation sites is 2. The first-order valence-electron chi connectivity index (χ1n) is 21.2. The average molecular weight is 793 g/mol. The molecule has 292 valence electrons. The van der Waals surface area contributed by atoms with Gasteiger partial charge < -0.3 is 9.88 Å². The third kappa shape index (κ3) is 6.12. The number of nitrogens with zero attached hydrogens (tertiary/aromatic N) is 3. The number of aliphatic imine (C=N–C) groups is 1. The van der Waals surface area contributed by atoms with Crippen LogP contribution < -0.4 is 5.32 Å². The molecule has 9 aromatic carbocycles. The molecule has 4 heteroatoms. The van der Waals surface area contributed by atoms with E-state index in [0.717, 1.165) is 22.7 Å². The smallest absolute Gasteiger partial charge is 0.208 e. The van der Waals surface area contributed by atoms with Gasteiger partial charge in [0, 0.05) is 33.4 Å². The van der Waals surface area contributed by atoms with E-state index in [2.05, 4.69) is 239 Å². The fourth-order valence-corrected chi connectivity index (χ4v) is 9.38. The van der Waals surface area contributed by atoms with Crippen LogP contribution in [0.15, 0.2) is 236 Å². The summed E-state index contributed by atoms with van der Waals surface area (Å²) in [5.41, 5.74) is 16.6. The number of rotatable bonds is 6. The van der Waals surface area contributed by atoms with Crippen molar-refractivity contribution in [2.24, 2.45) is 4.99 Å². The van der Waals surface area contributed by atoms with Crippen LogP contribution in [0.25, 0.3) is 93.8 Å². The van der Waals surface area contributed by atoms with Crippen molar-refractivity contribution in [3.05, 3.63) is 236 Å². The van der Waals surface area contributed by atoms with E-state index in [-0.39, 0.29) is 6.04 Å². The van der Waals surface area contributed by atoms with Crippen molar-refractivity contribution in [1.29, 1.82) is 0 Å². The second-order valence-electron chi connectivity index (χ2n) is 16.1. The topological polar surface area (TPSA) is 34.2 Å². The van der Waals surface area contributed by atoms with Crippen LogP contribution in [0.1, 0.15) is 11.6 Å². The van der Waals surface area contributed by atoms with E-state index in [1.165, 1.54) is 82.6 Å². The summed E-state index contributed by atoms with van der Waals surface area (Å²) in [6.45, 7) is 0. The van der Waals surface area contributed by atoms with Crippen molar-refractivity contribution < 1.29 is 0 Å². The molecule has 2 aromatic heterocycles. The summed E-state index contributed by atoms with van der Waals surface area (Å²) in [5, 5.41) is 8.66. The number of benzene rings is 9. The lowest BCUT2D eigenvalue weighted by Crippen LogP contribution is -2.34. The van der Waals surface area contributed by atoms with Crippen LogP contribution in [0.2, 0.25) is 0 Å². The molecule has 0 radical (unpaired) electrons. The molecule has 11 aromatic rings. The van der Waals surface area contributed by atoms with E-state index in [1.54, 1.807) is 0 Å². The van der Waals surface area contributed by atoms with E-state index in [1.807, 2.05) is 6.20 Å². The highest BCUT2D eigenvalue weighted by Crippen LogP contribution is 2.38. The van der Waals surface area contributed by atoms with Crippen LogP contribution in [-0.4, -0.2) is 15.1 Å². The molecule has 1 aliphatic rings. The fraction of sp³-hybridized carbons (Fsp3) is 0.0172. The summed E-state index contributed by atoms with van der Waals surface area (Å²) in [6.07, 6.45) is 4.08. The molecule has 0 bridgehead atoms. The summed E-state index contributed by atoms with van der Waals surface area (Å²) < 4.78 is 4.66. The van der Waals surface area contributed by atoms with Gasteiger partial charge in [0.1, 0.15) is 0 Å². The first kappa shape index (κ1) is 35.7. The van der Waals surface area contributed by atoms with Gasteiger partial charge in [0.2, 0.25) is 5.96 Å². The van der Waals surface area contributed by atoms with Gasteiger partial charge >= 0.3 is 0 Å². The van der Waals surface area contributed by atoms with Gasteiger partial charge in [-0.25, -0.2) is 4.99 Å². The molecule has 0 saturated heterocycles. The molecule has 0 aliphatic carbocycles. The molecule has 1 N–H and O–H groups in total. The number of hydrogen-bond donors (Lipinski definition) is 1. The van der Waals surface area contributed by atoms with Gasteiger partial charge in [0.15, 0.2) is 0 Å². The lowest BCUT2D eigenvalue weighted by molar-refractivity contribution is 0.756. The van der Waals surface area contributed by atoms with Crippen molar-refractivity contribution in [2.45, 2.75) is 6.04 Å². The molecule has 0 spiro atoms. The molecular formula is C58H40N4. The highest BCUT2D eigenvalue weighted by molar-refractivity contribution is 6.15. The number of nitrogens with one attached hydrogen (secondary N) is 1. The molecule has 4 nitrogen and oxygen atoms in total. The Balaban J connectivity index is 0.877. The molecule has 0 amide bonds. The summed E-state index contributed by atoms with van der Waals surface area (Å²) in [7, 11) is 0. The summed E-state index contributed by atoms with van der Waals surface area (Å²) in [5.74, 6) is 0.806. The van der Waals surface area contributed by atoms with Gasteiger partial charge in [-0.05, 0) is 111 Å². The SMILES string of the molecule is C1=CC(c2cccc(-c3ccc(-c4ccccc4)cc3)c2)NC(n2c3ccccc3c3cc(-c4ccc5c(c4)c4ccccc4n5-c4ccc(-c5ccccc5)cc4)ccc32)=N1. The molecule has 12 rings (SSSR count). The molecule has 62 heavy (non-hydrogen) atoms.